The number of aryl methyl sites for hydroxylation is 2. The van der Waals surface area contributed by atoms with E-state index in [1.165, 1.54) is 0 Å². The lowest BCUT2D eigenvalue weighted by atomic mass is 9.87. The molecule has 2 aliphatic heterocycles. The van der Waals surface area contributed by atoms with Gasteiger partial charge >= 0.3 is 0 Å². The van der Waals surface area contributed by atoms with Gasteiger partial charge in [0.1, 0.15) is 0 Å². The molecule has 0 spiro atoms. The number of carbonyl (C=O) groups is 1. The van der Waals surface area contributed by atoms with Crippen LogP contribution in [0.15, 0.2) is 41.3 Å². The van der Waals surface area contributed by atoms with Crippen molar-refractivity contribution >= 4 is 27.3 Å². The van der Waals surface area contributed by atoms with Gasteiger partial charge in [0, 0.05) is 30.7 Å². The van der Waals surface area contributed by atoms with Crippen molar-refractivity contribution in [2.24, 2.45) is 0 Å². The van der Waals surface area contributed by atoms with Gasteiger partial charge < -0.3 is 9.80 Å². The highest BCUT2D eigenvalue weighted by atomic mass is 32.2. The number of nitrogens with one attached hydrogen (secondary N) is 1. The predicted octanol–water partition coefficient (Wildman–Crippen LogP) is 4.08. The van der Waals surface area contributed by atoms with Crippen molar-refractivity contribution in [3.05, 3.63) is 53.1 Å². The molecule has 4 rings (SSSR count). The van der Waals surface area contributed by atoms with Crippen LogP contribution in [-0.2, 0) is 26.7 Å². The molecule has 1 amide bonds. The second kappa shape index (κ2) is 8.43. The van der Waals surface area contributed by atoms with Crippen molar-refractivity contribution in [1.29, 1.82) is 0 Å². The van der Waals surface area contributed by atoms with E-state index in [-0.39, 0.29) is 16.2 Å². The van der Waals surface area contributed by atoms with Gasteiger partial charge in [0.05, 0.1) is 17.1 Å². The van der Waals surface area contributed by atoms with Crippen LogP contribution >= 0.6 is 0 Å². The van der Waals surface area contributed by atoms with Crippen molar-refractivity contribution < 1.29 is 13.2 Å². The lowest BCUT2D eigenvalue weighted by molar-refractivity contribution is -0.128. The van der Waals surface area contributed by atoms with E-state index in [0.29, 0.717) is 18.8 Å². The topological polar surface area (TPSA) is 69.7 Å². The largest absolute Gasteiger partial charge is 0.361 e. The number of benzene rings is 2. The SMILES string of the molecule is CCc1cccc(C)c1NS(=O)(=O)c1ccc2c(c1)C(C)(C)CN2CC(=O)N1CCCC1. The number of carbonyl (C=O) groups excluding carboxylic acids is 1. The smallest absolute Gasteiger partial charge is 0.261 e. The Bertz CT molecular complexity index is 1140. The molecule has 0 bridgehead atoms. The molecule has 6 nitrogen and oxygen atoms in total. The molecule has 0 saturated carbocycles. The van der Waals surface area contributed by atoms with Crippen molar-refractivity contribution in [3.63, 3.8) is 0 Å². The zero-order chi connectivity index (χ0) is 23.1. The standard InChI is InChI=1S/C25H33N3O3S/c1-5-19-10-8-9-18(2)24(19)26-32(30,31)20-11-12-22-21(15-20)25(3,4)17-28(22)16-23(29)27-13-6-7-14-27/h8-12,15,26H,5-7,13-14,16-17H2,1-4H3. The average molecular weight is 456 g/mol. The Morgan fingerprint density at radius 1 is 1.12 bits per heavy atom. The third-order valence-electron chi connectivity index (χ3n) is 6.70. The van der Waals surface area contributed by atoms with Gasteiger partial charge in [-0.1, -0.05) is 39.0 Å². The molecule has 0 unspecified atom stereocenters. The van der Waals surface area contributed by atoms with Crippen LogP contribution in [0, 0.1) is 6.92 Å². The monoisotopic (exact) mass is 455 g/mol. The summed E-state index contributed by atoms with van der Waals surface area (Å²) in [6.07, 6.45) is 2.89. The lowest BCUT2D eigenvalue weighted by Crippen LogP contribution is -2.40. The van der Waals surface area contributed by atoms with Crippen LogP contribution < -0.4 is 9.62 Å². The summed E-state index contributed by atoms with van der Waals surface area (Å²) < 4.78 is 29.4. The molecule has 172 valence electrons. The summed E-state index contributed by atoms with van der Waals surface area (Å²) in [5.74, 6) is 0.149. The molecule has 0 radical (unpaired) electrons. The number of sulfonamides is 1. The zero-order valence-electron chi connectivity index (χ0n) is 19.4. The van der Waals surface area contributed by atoms with Crippen molar-refractivity contribution in [3.8, 4) is 0 Å². The van der Waals surface area contributed by atoms with Crippen molar-refractivity contribution in [1.82, 2.24) is 4.90 Å². The maximum absolute atomic E-state index is 13.3. The first-order valence-corrected chi connectivity index (χ1v) is 12.9. The number of amides is 1. The molecule has 2 heterocycles. The Labute approximate surface area is 191 Å². The quantitative estimate of drug-likeness (QED) is 0.713. The number of nitrogens with zero attached hydrogens (tertiary/aromatic N) is 2. The van der Waals surface area contributed by atoms with Crippen LogP contribution in [0.4, 0.5) is 11.4 Å². The normalized spacial score (nSPS) is 17.5. The van der Waals surface area contributed by atoms with Gasteiger partial charge in [-0.15, -0.1) is 0 Å². The van der Waals surface area contributed by atoms with E-state index < -0.39 is 10.0 Å². The average Bonchev–Trinajstić information content (AvgIpc) is 3.36. The number of anilines is 2. The Balaban J connectivity index is 1.62. The summed E-state index contributed by atoms with van der Waals surface area (Å²) in [6.45, 7) is 10.8. The molecule has 1 fully saturated rings. The van der Waals surface area contributed by atoms with Crippen LogP contribution in [-0.4, -0.2) is 45.4 Å². The molecule has 7 heteroatoms. The molecule has 2 aromatic carbocycles. The fourth-order valence-electron chi connectivity index (χ4n) is 4.88. The van der Waals surface area contributed by atoms with Gasteiger partial charge in [-0.05, 0) is 61.1 Å². The van der Waals surface area contributed by atoms with E-state index in [9.17, 15) is 13.2 Å². The minimum absolute atomic E-state index is 0.149. The van der Waals surface area contributed by atoms with Crippen LogP contribution in [0.3, 0.4) is 0 Å². The zero-order valence-corrected chi connectivity index (χ0v) is 20.3. The molecule has 2 aliphatic rings. The van der Waals surface area contributed by atoms with Gasteiger partial charge in [-0.3, -0.25) is 9.52 Å². The molecule has 0 aromatic heterocycles. The number of rotatable bonds is 6. The summed E-state index contributed by atoms with van der Waals surface area (Å²) in [5, 5.41) is 0. The lowest BCUT2D eigenvalue weighted by Gasteiger charge is -2.24. The van der Waals surface area contributed by atoms with E-state index in [1.54, 1.807) is 12.1 Å². The number of para-hydroxylation sites is 1. The third-order valence-corrected chi connectivity index (χ3v) is 8.04. The maximum Gasteiger partial charge on any atom is 0.261 e. The van der Waals surface area contributed by atoms with E-state index in [2.05, 4.69) is 23.5 Å². The van der Waals surface area contributed by atoms with Crippen LogP contribution in [0.1, 0.15) is 50.3 Å². The van der Waals surface area contributed by atoms with Gasteiger partial charge in [0.25, 0.3) is 10.0 Å². The molecule has 1 N–H and O–H groups in total. The number of hydrogen-bond acceptors (Lipinski definition) is 4. The minimum atomic E-state index is -3.74. The van der Waals surface area contributed by atoms with Crippen molar-refractivity contribution in [2.75, 3.05) is 35.8 Å². The molecule has 32 heavy (non-hydrogen) atoms. The third kappa shape index (κ3) is 4.22. The summed E-state index contributed by atoms with van der Waals surface area (Å²) in [6, 6.07) is 11.1. The summed E-state index contributed by atoms with van der Waals surface area (Å²) in [7, 11) is -3.74. The Kier molecular flexibility index (Phi) is 5.96. The second-order valence-electron chi connectivity index (χ2n) is 9.57. The molecular weight excluding hydrogens is 422 g/mol. The number of likely N-dealkylation sites (tertiary alicyclic amines) is 1. The van der Waals surface area contributed by atoms with E-state index >= 15 is 0 Å². The highest BCUT2D eigenvalue weighted by Crippen LogP contribution is 2.41. The highest BCUT2D eigenvalue weighted by Gasteiger charge is 2.37. The summed E-state index contributed by atoms with van der Waals surface area (Å²) >= 11 is 0. The van der Waals surface area contributed by atoms with Gasteiger partial charge in [0.2, 0.25) is 5.91 Å². The van der Waals surface area contributed by atoms with Crippen LogP contribution in [0.5, 0.6) is 0 Å². The maximum atomic E-state index is 13.3. The van der Waals surface area contributed by atoms with Crippen molar-refractivity contribution in [2.45, 2.75) is 57.3 Å². The Morgan fingerprint density at radius 3 is 2.53 bits per heavy atom. The number of hydrogen-bond donors (Lipinski definition) is 1. The molecular formula is C25H33N3O3S. The second-order valence-corrected chi connectivity index (χ2v) is 11.3. The fraction of sp³-hybridized carbons (Fsp3) is 0.480. The fourth-order valence-corrected chi connectivity index (χ4v) is 6.08. The first kappa shape index (κ1) is 22.6. The molecule has 0 aliphatic carbocycles. The Morgan fingerprint density at radius 2 is 1.84 bits per heavy atom. The van der Waals surface area contributed by atoms with E-state index in [4.69, 9.17) is 0 Å². The van der Waals surface area contributed by atoms with Crippen LogP contribution in [0.2, 0.25) is 0 Å². The van der Waals surface area contributed by atoms with Gasteiger partial charge in [0.15, 0.2) is 0 Å². The minimum Gasteiger partial charge on any atom is -0.361 e. The molecule has 2 aromatic rings. The number of fused-ring (bicyclic) bond motifs is 1. The summed E-state index contributed by atoms with van der Waals surface area (Å²) in [5.41, 5.74) is 4.21. The van der Waals surface area contributed by atoms with Gasteiger partial charge in [-0.2, -0.15) is 0 Å². The molecule has 0 atom stereocenters. The van der Waals surface area contributed by atoms with Crippen LogP contribution in [0.25, 0.3) is 0 Å². The molecule has 1 saturated heterocycles. The predicted molar refractivity (Wildman–Crippen MR) is 129 cm³/mol. The highest BCUT2D eigenvalue weighted by molar-refractivity contribution is 7.92. The Hall–Kier alpha value is -2.54. The first-order chi connectivity index (χ1) is 15.1. The first-order valence-electron chi connectivity index (χ1n) is 11.4. The van der Waals surface area contributed by atoms with E-state index in [1.807, 2.05) is 43.0 Å². The van der Waals surface area contributed by atoms with Gasteiger partial charge in [-0.25, -0.2) is 8.42 Å². The van der Waals surface area contributed by atoms with E-state index in [0.717, 1.165) is 54.7 Å². The summed E-state index contributed by atoms with van der Waals surface area (Å²) in [4.78, 5) is 17.0.